The molecule has 0 atom stereocenters. The molecule has 0 fully saturated rings. The Labute approximate surface area is 191 Å². The van der Waals surface area contributed by atoms with Crippen LogP contribution in [0.1, 0.15) is 6.92 Å². The third kappa shape index (κ3) is 6.12. The number of carbonyl (C=O) groups is 1. The second kappa shape index (κ2) is 10.7. The normalized spacial score (nSPS) is 10.5. The monoisotopic (exact) mass is 461 g/mol. The van der Waals surface area contributed by atoms with Crippen molar-refractivity contribution in [2.24, 2.45) is 17.3 Å². The number of carbonyl (C=O) groups excluding carboxylic acids is 1. The van der Waals surface area contributed by atoms with Gasteiger partial charge in [-0.1, -0.05) is 23.3 Å². The van der Waals surface area contributed by atoms with Crippen molar-refractivity contribution in [2.45, 2.75) is 6.92 Å². The molecule has 164 valence electrons. The highest BCUT2D eigenvalue weighted by Gasteiger charge is 2.19. The number of aryl methyl sites for hydroxylation is 1. The summed E-state index contributed by atoms with van der Waals surface area (Å²) in [5.41, 5.74) is 2.59. The lowest BCUT2D eigenvalue weighted by atomic mass is 10.2. The van der Waals surface area contributed by atoms with E-state index in [4.69, 9.17) is 4.74 Å². The maximum atomic E-state index is 11.7. The lowest BCUT2D eigenvalue weighted by Crippen LogP contribution is -3.00. The molecule has 0 aliphatic heterocycles. The number of azo groups is 1. The van der Waals surface area contributed by atoms with E-state index in [0.717, 1.165) is 10.8 Å². The van der Waals surface area contributed by atoms with Gasteiger partial charge in [-0.05, 0) is 34.7 Å². The van der Waals surface area contributed by atoms with Crippen LogP contribution in [0.15, 0.2) is 52.7 Å². The lowest BCUT2D eigenvalue weighted by Gasteiger charge is -2.14. The molecule has 0 saturated heterocycles. The molecule has 0 saturated carbocycles. The van der Waals surface area contributed by atoms with Gasteiger partial charge in [0, 0.05) is 32.8 Å². The van der Waals surface area contributed by atoms with Crippen molar-refractivity contribution in [3.63, 3.8) is 0 Å². The first-order valence-corrected chi connectivity index (χ1v) is 9.97. The Bertz CT molecular complexity index is 1070. The zero-order valence-electron chi connectivity index (χ0n) is 17.9. The zero-order chi connectivity index (χ0) is 21.7. The molecule has 0 unspecified atom stereocenters. The largest absolute Gasteiger partial charge is 1.00 e. The van der Waals surface area contributed by atoms with Gasteiger partial charge in [-0.2, -0.15) is 0 Å². The summed E-state index contributed by atoms with van der Waals surface area (Å²) in [4.78, 5) is 13.6. The van der Waals surface area contributed by atoms with Gasteiger partial charge in [0.1, 0.15) is 18.5 Å². The lowest BCUT2D eigenvalue weighted by molar-refractivity contribution is -0.712. The van der Waals surface area contributed by atoms with Crippen LogP contribution >= 0.6 is 11.3 Å². The van der Waals surface area contributed by atoms with E-state index < -0.39 is 0 Å². The number of rotatable bonds is 7. The number of methoxy groups -OCH3 is 1. The Morgan fingerprint density at radius 1 is 1.16 bits per heavy atom. The van der Waals surface area contributed by atoms with E-state index in [-0.39, 0.29) is 18.3 Å². The van der Waals surface area contributed by atoms with E-state index in [0.29, 0.717) is 27.9 Å². The Hall–Kier alpha value is -3.24. The number of nitrogens with one attached hydrogen (secondary N) is 2. The van der Waals surface area contributed by atoms with E-state index in [2.05, 4.69) is 26.0 Å². The molecule has 3 rings (SSSR count). The van der Waals surface area contributed by atoms with Gasteiger partial charge in [-0.25, -0.2) is 0 Å². The third-order valence-electron chi connectivity index (χ3n) is 4.00. The number of hydrogen-bond donors (Lipinski definition) is 2. The second-order valence-electron chi connectivity index (χ2n) is 6.63. The average Bonchev–Trinajstić information content (AvgIpc) is 3.09. The number of aromatic nitrogens is 2. The highest BCUT2D eigenvalue weighted by atomic mass is 35.5. The summed E-state index contributed by atoms with van der Waals surface area (Å²) >= 11 is 1.41. The molecular weight excluding hydrogens is 438 g/mol. The molecule has 9 nitrogen and oxygen atoms in total. The Morgan fingerprint density at radius 2 is 1.87 bits per heavy atom. The molecule has 2 N–H and O–H groups in total. The molecule has 0 spiro atoms. The molecule has 31 heavy (non-hydrogen) atoms. The van der Waals surface area contributed by atoms with Crippen LogP contribution in [0.25, 0.3) is 0 Å². The van der Waals surface area contributed by atoms with E-state index in [1.165, 1.54) is 18.3 Å². The van der Waals surface area contributed by atoms with Crippen LogP contribution in [-0.2, 0) is 11.8 Å². The molecule has 1 aromatic heterocycles. The van der Waals surface area contributed by atoms with Gasteiger partial charge >= 0.3 is 5.13 Å². The minimum Gasteiger partial charge on any atom is -1.00 e. The summed E-state index contributed by atoms with van der Waals surface area (Å²) in [7, 11) is 7.22. The number of para-hydroxylation sites is 1. The summed E-state index contributed by atoms with van der Waals surface area (Å²) in [5.74, 6) is 0.366. The molecule has 0 aliphatic rings. The van der Waals surface area contributed by atoms with Crippen LogP contribution in [0.2, 0.25) is 0 Å². The van der Waals surface area contributed by atoms with Crippen LogP contribution < -0.4 is 37.4 Å². The van der Waals surface area contributed by atoms with Crippen molar-refractivity contribution < 1.29 is 26.6 Å². The predicted molar refractivity (Wildman–Crippen MR) is 119 cm³/mol. The molecule has 1 heterocycles. The molecule has 2 aromatic carbocycles. The summed E-state index contributed by atoms with van der Waals surface area (Å²) in [6, 6.07) is 13.2. The first-order chi connectivity index (χ1) is 14.4. The van der Waals surface area contributed by atoms with E-state index >= 15 is 0 Å². The Kier molecular flexibility index (Phi) is 8.29. The summed E-state index contributed by atoms with van der Waals surface area (Å²) < 4.78 is 7.19. The molecule has 3 aromatic rings. The smallest absolute Gasteiger partial charge is 0.431 e. The minimum atomic E-state index is -0.208. The number of ether oxygens (including phenoxy) is 1. The quantitative estimate of drug-likeness (QED) is 0.406. The number of halogens is 1. The number of benzene rings is 2. The van der Waals surface area contributed by atoms with Crippen molar-refractivity contribution >= 4 is 50.3 Å². The van der Waals surface area contributed by atoms with Gasteiger partial charge in [0.2, 0.25) is 11.0 Å². The van der Waals surface area contributed by atoms with Crippen molar-refractivity contribution in [3.05, 3.63) is 42.5 Å². The van der Waals surface area contributed by atoms with E-state index in [1.54, 1.807) is 31.0 Å². The van der Waals surface area contributed by atoms with Gasteiger partial charge in [0.25, 0.3) is 0 Å². The van der Waals surface area contributed by atoms with E-state index in [9.17, 15) is 4.79 Å². The summed E-state index contributed by atoms with van der Waals surface area (Å²) in [6.07, 6.45) is 0. The van der Waals surface area contributed by atoms with Gasteiger partial charge in [0.05, 0.1) is 23.6 Å². The molecular formula is C20H24ClN7O2S. The van der Waals surface area contributed by atoms with Crippen molar-refractivity contribution in [1.29, 1.82) is 0 Å². The fraction of sp³-hybridized carbons (Fsp3) is 0.250. The molecule has 0 radical (unpaired) electrons. The fourth-order valence-corrected chi connectivity index (χ4v) is 3.35. The van der Waals surface area contributed by atoms with E-state index in [1.807, 2.05) is 49.3 Å². The van der Waals surface area contributed by atoms with Crippen LogP contribution in [0.4, 0.5) is 33.0 Å². The van der Waals surface area contributed by atoms with Crippen LogP contribution in [-0.4, -0.2) is 32.2 Å². The number of nitrogens with zero attached hydrogens (tertiary/aromatic N) is 5. The number of anilines is 4. The van der Waals surface area contributed by atoms with Gasteiger partial charge in [-0.15, -0.1) is 4.68 Å². The predicted octanol–water partition coefficient (Wildman–Crippen LogP) is 1.16. The maximum absolute atomic E-state index is 11.7. The fourth-order valence-electron chi connectivity index (χ4n) is 2.59. The summed E-state index contributed by atoms with van der Waals surface area (Å²) in [6.45, 7) is 1.45. The van der Waals surface area contributed by atoms with Crippen molar-refractivity contribution in [1.82, 2.24) is 5.10 Å². The molecule has 1 amide bonds. The average molecular weight is 462 g/mol. The van der Waals surface area contributed by atoms with Crippen LogP contribution in [0.5, 0.6) is 5.75 Å². The van der Waals surface area contributed by atoms with Crippen molar-refractivity contribution in [2.75, 3.05) is 36.7 Å². The topological polar surface area (TPSA) is 95.1 Å². The Balaban J connectivity index is 0.00000341. The molecule has 0 aliphatic carbocycles. The van der Waals surface area contributed by atoms with Crippen LogP contribution in [0.3, 0.4) is 0 Å². The van der Waals surface area contributed by atoms with Gasteiger partial charge in [-0.3, -0.25) is 4.79 Å². The standard InChI is InChI=1S/C20H23N7O2S.ClH/c1-13(28)21-15-11-17(22-14-9-7-6-8-10-14)18(29-5)12-16(15)23-24-19-27(4)25-20(30-19)26(2)3;/h6-12H,1-5H3,(H,21,22,28);1H. The number of amides is 1. The minimum absolute atomic E-state index is 0. The highest BCUT2D eigenvalue weighted by Crippen LogP contribution is 2.39. The highest BCUT2D eigenvalue weighted by molar-refractivity contribution is 7.18. The van der Waals surface area contributed by atoms with Crippen LogP contribution in [0, 0.1) is 0 Å². The summed E-state index contributed by atoms with van der Waals surface area (Å²) in [5, 5.41) is 20.6. The first-order valence-electron chi connectivity index (χ1n) is 9.15. The SMILES string of the molecule is COc1cc(N=Nc2sc(N(C)C)n[n+]2C)c(NC(C)=O)cc1Nc1ccccc1.[Cl-]. The molecule has 11 heteroatoms. The van der Waals surface area contributed by atoms with Gasteiger partial charge in [0.15, 0.2) is 0 Å². The van der Waals surface area contributed by atoms with Gasteiger partial charge < -0.3 is 32.7 Å². The zero-order valence-corrected chi connectivity index (χ0v) is 19.5. The van der Waals surface area contributed by atoms with Crippen molar-refractivity contribution in [3.8, 4) is 5.75 Å². The molecule has 0 bridgehead atoms. The first kappa shape index (κ1) is 24.0. The maximum Gasteiger partial charge on any atom is 0.431 e. The second-order valence-corrected chi connectivity index (χ2v) is 7.56. The Morgan fingerprint density at radius 3 is 2.45 bits per heavy atom. The number of hydrogen-bond acceptors (Lipinski definition) is 8. The third-order valence-corrected chi connectivity index (χ3v) is 5.16.